The predicted octanol–water partition coefficient (Wildman–Crippen LogP) is 3.79. The Morgan fingerprint density at radius 1 is 1.07 bits per heavy atom. The summed E-state index contributed by atoms with van der Waals surface area (Å²) in [6.07, 6.45) is 2.72. The van der Waals surface area contributed by atoms with Gasteiger partial charge in [-0.25, -0.2) is 0 Å². The van der Waals surface area contributed by atoms with Gasteiger partial charge in [-0.1, -0.05) is 41.5 Å². The molecule has 1 aliphatic rings. The molecule has 90 valence electrons. The maximum atomic E-state index is 2.57. The van der Waals surface area contributed by atoms with Crippen molar-refractivity contribution >= 4 is 0 Å². The van der Waals surface area contributed by atoms with Gasteiger partial charge in [0.25, 0.3) is 0 Å². The monoisotopic (exact) mass is 211 g/mol. The van der Waals surface area contributed by atoms with E-state index in [1.54, 1.807) is 0 Å². The van der Waals surface area contributed by atoms with Crippen LogP contribution in [0.3, 0.4) is 0 Å². The zero-order chi connectivity index (χ0) is 11.9. The van der Waals surface area contributed by atoms with Gasteiger partial charge in [0.2, 0.25) is 0 Å². The van der Waals surface area contributed by atoms with Gasteiger partial charge in [0.1, 0.15) is 0 Å². The van der Waals surface area contributed by atoms with Crippen LogP contribution in [0.4, 0.5) is 0 Å². The van der Waals surface area contributed by atoms with Crippen molar-refractivity contribution in [3.05, 3.63) is 0 Å². The van der Waals surface area contributed by atoms with Crippen molar-refractivity contribution in [1.82, 2.24) is 4.90 Å². The second-order valence-corrected chi connectivity index (χ2v) is 7.66. The lowest BCUT2D eigenvalue weighted by molar-refractivity contribution is 0.221. The lowest BCUT2D eigenvalue weighted by Gasteiger charge is -2.28. The summed E-state index contributed by atoms with van der Waals surface area (Å²) in [5.74, 6) is 0.870. The van der Waals surface area contributed by atoms with Gasteiger partial charge in [-0.3, -0.25) is 0 Å². The van der Waals surface area contributed by atoms with E-state index in [1.165, 1.54) is 19.4 Å². The van der Waals surface area contributed by atoms with Crippen LogP contribution in [0.25, 0.3) is 0 Å². The number of hydrogen-bond acceptors (Lipinski definition) is 1. The number of hydrogen-bond donors (Lipinski definition) is 0. The molecule has 0 aromatic heterocycles. The van der Waals surface area contributed by atoms with E-state index < -0.39 is 0 Å². The molecular formula is C14H29N. The molecule has 1 nitrogen and oxygen atoms in total. The summed E-state index contributed by atoms with van der Waals surface area (Å²) in [7, 11) is 2.29. The fourth-order valence-corrected chi connectivity index (χ4v) is 2.65. The zero-order valence-corrected chi connectivity index (χ0v) is 11.7. The van der Waals surface area contributed by atoms with Crippen molar-refractivity contribution < 1.29 is 0 Å². The highest BCUT2D eigenvalue weighted by Crippen LogP contribution is 2.39. The normalized spacial score (nSPS) is 29.8. The van der Waals surface area contributed by atoms with Crippen LogP contribution >= 0.6 is 0 Å². The molecule has 1 heterocycles. The molecule has 0 radical (unpaired) electrons. The minimum Gasteiger partial charge on any atom is -0.303 e. The van der Waals surface area contributed by atoms with Crippen LogP contribution in [0.1, 0.15) is 54.4 Å². The first-order chi connectivity index (χ1) is 6.59. The maximum absolute atomic E-state index is 2.57. The third-order valence-electron chi connectivity index (χ3n) is 3.76. The number of likely N-dealkylation sites (tertiary alicyclic amines) is 1. The van der Waals surface area contributed by atoms with Crippen LogP contribution in [-0.2, 0) is 0 Å². The van der Waals surface area contributed by atoms with E-state index in [4.69, 9.17) is 0 Å². The minimum absolute atomic E-state index is 0.464. The van der Waals surface area contributed by atoms with Crippen LogP contribution in [0.15, 0.2) is 0 Å². The number of nitrogens with zero attached hydrogens (tertiary/aromatic N) is 1. The second-order valence-electron chi connectivity index (χ2n) is 7.66. The standard InChI is InChI=1S/C14H29N/c1-13(2,3)9-12-8-11(10-15(12)7)14(4,5)6/h11-12H,8-10H2,1-7H3/t11-,12+/m1/s1. The SMILES string of the molecule is CN1C[C@H](C(C)(C)C)C[C@H]1CC(C)(C)C. The van der Waals surface area contributed by atoms with E-state index in [9.17, 15) is 0 Å². The molecule has 15 heavy (non-hydrogen) atoms. The summed E-state index contributed by atoms with van der Waals surface area (Å²) in [6, 6.07) is 0.800. The van der Waals surface area contributed by atoms with Crippen molar-refractivity contribution in [2.45, 2.75) is 60.4 Å². The lowest BCUT2D eigenvalue weighted by atomic mass is 9.78. The molecule has 1 saturated heterocycles. The van der Waals surface area contributed by atoms with Crippen LogP contribution < -0.4 is 0 Å². The zero-order valence-electron chi connectivity index (χ0n) is 11.7. The molecule has 1 fully saturated rings. The first-order valence-electron chi connectivity index (χ1n) is 6.30. The van der Waals surface area contributed by atoms with Gasteiger partial charge in [0, 0.05) is 12.6 Å². The summed E-state index contributed by atoms with van der Waals surface area (Å²) in [5.41, 5.74) is 0.937. The van der Waals surface area contributed by atoms with Gasteiger partial charge in [-0.15, -0.1) is 0 Å². The molecule has 0 spiro atoms. The van der Waals surface area contributed by atoms with E-state index in [1.807, 2.05) is 0 Å². The molecule has 1 aliphatic heterocycles. The van der Waals surface area contributed by atoms with Gasteiger partial charge < -0.3 is 4.90 Å². The Balaban J connectivity index is 2.57. The van der Waals surface area contributed by atoms with E-state index in [2.05, 4.69) is 53.5 Å². The maximum Gasteiger partial charge on any atom is 0.0101 e. The molecule has 0 unspecified atom stereocenters. The summed E-state index contributed by atoms with van der Waals surface area (Å²) < 4.78 is 0. The van der Waals surface area contributed by atoms with Crippen molar-refractivity contribution in [3.8, 4) is 0 Å². The summed E-state index contributed by atoms with van der Waals surface area (Å²) in [6.45, 7) is 15.5. The molecule has 0 N–H and O–H groups in total. The highest BCUT2D eigenvalue weighted by atomic mass is 15.2. The molecule has 0 saturated carbocycles. The largest absolute Gasteiger partial charge is 0.303 e. The lowest BCUT2D eigenvalue weighted by Crippen LogP contribution is -2.29. The Morgan fingerprint density at radius 3 is 1.93 bits per heavy atom. The second kappa shape index (κ2) is 4.08. The Bertz CT molecular complexity index is 206. The predicted molar refractivity (Wildman–Crippen MR) is 68.1 cm³/mol. The summed E-state index contributed by atoms with van der Waals surface area (Å²) in [4.78, 5) is 2.57. The first-order valence-corrected chi connectivity index (χ1v) is 6.30. The van der Waals surface area contributed by atoms with Crippen LogP contribution in [0.2, 0.25) is 0 Å². The van der Waals surface area contributed by atoms with Gasteiger partial charge in [0.15, 0.2) is 0 Å². The Kier molecular flexibility index (Phi) is 3.55. The number of rotatable bonds is 1. The van der Waals surface area contributed by atoms with Gasteiger partial charge in [-0.2, -0.15) is 0 Å². The fourth-order valence-electron chi connectivity index (χ4n) is 2.65. The average Bonchev–Trinajstić information content (AvgIpc) is 2.27. The first kappa shape index (κ1) is 13.0. The van der Waals surface area contributed by atoms with Gasteiger partial charge >= 0.3 is 0 Å². The highest BCUT2D eigenvalue weighted by molar-refractivity contribution is 4.90. The van der Waals surface area contributed by atoms with E-state index in [-0.39, 0.29) is 0 Å². The van der Waals surface area contributed by atoms with Crippen LogP contribution in [0.5, 0.6) is 0 Å². The van der Waals surface area contributed by atoms with Crippen molar-refractivity contribution in [2.75, 3.05) is 13.6 Å². The minimum atomic E-state index is 0.464. The van der Waals surface area contributed by atoms with Crippen molar-refractivity contribution in [1.29, 1.82) is 0 Å². The molecule has 1 rings (SSSR count). The Hall–Kier alpha value is -0.0400. The van der Waals surface area contributed by atoms with Gasteiger partial charge in [0.05, 0.1) is 0 Å². The Labute approximate surface area is 96.2 Å². The van der Waals surface area contributed by atoms with Gasteiger partial charge in [-0.05, 0) is 36.6 Å². The molecule has 1 heteroatoms. The van der Waals surface area contributed by atoms with E-state index >= 15 is 0 Å². The molecule has 0 aliphatic carbocycles. The van der Waals surface area contributed by atoms with E-state index in [0.29, 0.717) is 10.8 Å². The molecule has 0 aromatic rings. The third kappa shape index (κ3) is 3.79. The Morgan fingerprint density at radius 2 is 1.60 bits per heavy atom. The van der Waals surface area contributed by atoms with Crippen molar-refractivity contribution in [3.63, 3.8) is 0 Å². The molecule has 0 bridgehead atoms. The average molecular weight is 211 g/mol. The molecular weight excluding hydrogens is 182 g/mol. The highest BCUT2D eigenvalue weighted by Gasteiger charge is 2.37. The molecule has 0 amide bonds. The van der Waals surface area contributed by atoms with E-state index in [0.717, 1.165) is 12.0 Å². The topological polar surface area (TPSA) is 3.24 Å². The summed E-state index contributed by atoms with van der Waals surface area (Å²) >= 11 is 0. The fraction of sp³-hybridized carbons (Fsp3) is 1.00. The third-order valence-corrected chi connectivity index (χ3v) is 3.76. The smallest absolute Gasteiger partial charge is 0.0101 e. The van der Waals surface area contributed by atoms with Crippen molar-refractivity contribution in [2.24, 2.45) is 16.7 Å². The molecule has 2 atom stereocenters. The van der Waals surface area contributed by atoms with Crippen LogP contribution in [0, 0.1) is 16.7 Å². The summed E-state index contributed by atoms with van der Waals surface area (Å²) in [5, 5.41) is 0. The van der Waals surface area contributed by atoms with Crippen LogP contribution in [-0.4, -0.2) is 24.5 Å². The quantitative estimate of drug-likeness (QED) is 0.638. The molecule has 0 aromatic carbocycles.